The maximum atomic E-state index is 10.9. The zero-order valence-corrected chi connectivity index (χ0v) is 6.62. The Hall–Kier alpha value is -1.10. The number of ether oxygens (including phenoxy) is 2. The number of methoxy groups -OCH3 is 2. The van der Waals surface area contributed by atoms with E-state index in [1.165, 1.54) is 0 Å². The summed E-state index contributed by atoms with van der Waals surface area (Å²) < 4.78 is 21.8. The van der Waals surface area contributed by atoms with Crippen LogP contribution in [0.3, 0.4) is 0 Å². The standard InChI is InChI=1S/C7H13NO4/c1-11-6(9)4-3-5(8)7(10)12-2/h5H,3-4,8H2,1-2H3/t5-/m0/s1/i1D,2D. The van der Waals surface area contributed by atoms with Gasteiger partial charge in [-0.15, -0.1) is 0 Å². The van der Waals surface area contributed by atoms with Gasteiger partial charge in [0.25, 0.3) is 0 Å². The van der Waals surface area contributed by atoms with Gasteiger partial charge in [-0.3, -0.25) is 9.59 Å². The highest BCUT2D eigenvalue weighted by Gasteiger charge is 2.14. The van der Waals surface area contributed by atoms with Gasteiger partial charge in [0.1, 0.15) is 6.04 Å². The molecule has 0 saturated carbocycles. The fourth-order valence-corrected chi connectivity index (χ4v) is 0.570. The van der Waals surface area contributed by atoms with Gasteiger partial charge in [0, 0.05) is 6.42 Å². The van der Waals surface area contributed by atoms with E-state index in [2.05, 4.69) is 9.47 Å². The van der Waals surface area contributed by atoms with Crippen molar-refractivity contribution in [3.63, 3.8) is 0 Å². The number of esters is 2. The molecule has 0 aliphatic heterocycles. The molecule has 70 valence electrons. The third-order valence-corrected chi connectivity index (χ3v) is 1.27. The monoisotopic (exact) mass is 177 g/mol. The molecule has 0 fully saturated rings. The van der Waals surface area contributed by atoms with E-state index in [1.54, 1.807) is 0 Å². The van der Waals surface area contributed by atoms with Crippen molar-refractivity contribution in [3.8, 4) is 0 Å². The fourth-order valence-electron chi connectivity index (χ4n) is 0.570. The number of nitrogens with two attached hydrogens (primary N) is 1. The molecular weight excluding hydrogens is 162 g/mol. The third-order valence-electron chi connectivity index (χ3n) is 1.27. The number of rotatable bonds is 4. The van der Waals surface area contributed by atoms with Crippen LogP contribution in [-0.2, 0) is 19.1 Å². The highest BCUT2D eigenvalue weighted by Crippen LogP contribution is 1.97. The number of carbonyl (C=O) groups is 2. The molecule has 0 aliphatic rings. The Labute approximate surface area is 73.6 Å². The van der Waals surface area contributed by atoms with E-state index < -0.39 is 32.2 Å². The van der Waals surface area contributed by atoms with Crippen LogP contribution in [0, 0.1) is 0 Å². The summed E-state index contributed by atoms with van der Waals surface area (Å²) in [6, 6.07) is -0.918. The smallest absolute Gasteiger partial charge is 0.322 e. The van der Waals surface area contributed by atoms with E-state index in [9.17, 15) is 9.59 Å². The van der Waals surface area contributed by atoms with Crippen LogP contribution >= 0.6 is 0 Å². The lowest BCUT2D eigenvalue weighted by atomic mass is 10.2. The van der Waals surface area contributed by atoms with E-state index in [0.717, 1.165) is 0 Å². The summed E-state index contributed by atoms with van der Waals surface area (Å²) in [5, 5.41) is 0. The lowest BCUT2D eigenvalue weighted by Crippen LogP contribution is -2.32. The van der Waals surface area contributed by atoms with E-state index in [4.69, 9.17) is 8.48 Å². The molecule has 12 heavy (non-hydrogen) atoms. The van der Waals surface area contributed by atoms with Crippen LogP contribution in [-0.4, -0.2) is 32.2 Å². The Balaban J connectivity index is 3.67. The number of hydrogen-bond donors (Lipinski definition) is 1. The predicted octanol–water partition coefficient (Wildman–Crippen LogP) is -0.560. The van der Waals surface area contributed by atoms with Gasteiger partial charge in [-0.05, 0) is 6.42 Å². The molecule has 0 amide bonds. The normalized spacial score (nSPS) is 14.1. The van der Waals surface area contributed by atoms with Crippen LogP contribution < -0.4 is 5.73 Å². The molecule has 0 saturated heterocycles. The number of carbonyl (C=O) groups excluding carboxylic acids is 2. The predicted molar refractivity (Wildman–Crippen MR) is 41.2 cm³/mol. The van der Waals surface area contributed by atoms with Gasteiger partial charge in [0.2, 0.25) is 0 Å². The first-order valence-electron chi connectivity index (χ1n) is 4.69. The lowest BCUT2D eigenvalue weighted by Gasteiger charge is -2.07. The quantitative estimate of drug-likeness (QED) is 0.582. The van der Waals surface area contributed by atoms with Gasteiger partial charge >= 0.3 is 11.9 Å². The van der Waals surface area contributed by atoms with E-state index in [-0.39, 0.29) is 12.8 Å². The Morgan fingerprint density at radius 3 is 2.75 bits per heavy atom. The maximum absolute atomic E-state index is 10.9. The molecule has 1 atom stereocenters. The molecule has 0 radical (unpaired) electrons. The summed E-state index contributed by atoms with van der Waals surface area (Å²) in [6.45, 7) is 0. The summed E-state index contributed by atoms with van der Waals surface area (Å²) in [6.07, 6.45) is 0.0603. The molecule has 0 rings (SSSR count). The molecule has 0 heterocycles. The van der Waals surface area contributed by atoms with Crippen LogP contribution in [0.5, 0.6) is 0 Å². The molecule has 5 nitrogen and oxygen atoms in total. The summed E-state index contributed by atoms with van der Waals surface area (Å²) in [5.41, 5.74) is 5.34. The first-order chi connectivity index (χ1) is 6.61. The average Bonchev–Trinajstić information content (AvgIpc) is 2.15. The Morgan fingerprint density at radius 2 is 2.17 bits per heavy atom. The second-order valence-electron chi connectivity index (χ2n) is 2.12. The molecule has 0 aromatic heterocycles. The summed E-state index contributed by atoms with van der Waals surface area (Å²) in [4.78, 5) is 21.6. The van der Waals surface area contributed by atoms with Crippen LogP contribution in [0.25, 0.3) is 0 Å². The van der Waals surface area contributed by atoms with Gasteiger partial charge in [0.05, 0.1) is 16.9 Å². The first kappa shape index (κ1) is 7.54. The van der Waals surface area contributed by atoms with Crippen LogP contribution in [0.1, 0.15) is 15.6 Å². The van der Waals surface area contributed by atoms with Crippen molar-refractivity contribution in [2.24, 2.45) is 5.73 Å². The molecule has 0 bridgehead atoms. The first-order valence-corrected chi connectivity index (χ1v) is 3.28. The maximum Gasteiger partial charge on any atom is 0.322 e. The van der Waals surface area contributed by atoms with Gasteiger partial charge in [-0.2, -0.15) is 0 Å². The minimum absolute atomic E-state index is 0.0346. The fraction of sp³-hybridized carbons (Fsp3) is 0.714. The van der Waals surface area contributed by atoms with Crippen molar-refractivity contribution in [3.05, 3.63) is 0 Å². The molecule has 5 heteroatoms. The highest BCUT2D eigenvalue weighted by atomic mass is 16.5. The van der Waals surface area contributed by atoms with Crippen molar-refractivity contribution in [2.75, 3.05) is 14.2 Å². The van der Waals surface area contributed by atoms with E-state index >= 15 is 0 Å². The Bertz CT molecular complexity index is 200. The van der Waals surface area contributed by atoms with Crippen molar-refractivity contribution in [2.45, 2.75) is 18.9 Å². The zero-order valence-electron chi connectivity index (χ0n) is 8.62. The minimum atomic E-state index is -0.918. The Kier molecular flexibility index (Phi) is 3.48. The molecular formula is C7H13NO4. The average molecular weight is 177 g/mol. The van der Waals surface area contributed by atoms with Gasteiger partial charge in [-0.1, -0.05) is 0 Å². The minimum Gasteiger partial charge on any atom is -0.469 e. The molecule has 0 aromatic carbocycles. The van der Waals surface area contributed by atoms with Crippen molar-refractivity contribution in [1.29, 1.82) is 0 Å². The summed E-state index contributed by atoms with van der Waals surface area (Å²) in [5.74, 6) is -1.28. The van der Waals surface area contributed by atoms with E-state index in [0.29, 0.717) is 0 Å². The molecule has 0 aromatic rings. The molecule has 0 aliphatic carbocycles. The van der Waals surface area contributed by atoms with E-state index in [1.807, 2.05) is 0 Å². The largest absolute Gasteiger partial charge is 0.469 e. The third kappa shape index (κ3) is 3.92. The Morgan fingerprint density at radius 1 is 1.50 bits per heavy atom. The number of hydrogen-bond acceptors (Lipinski definition) is 5. The van der Waals surface area contributed by atoms with Gasteiger partial charge in [0.15, 0.2) is 0 Å². The molecule has 0 spiro atoms. The second-order valence-corrected chi connectivity index (χ2v) is 2.12. The zero-order chi connectivity index (χ0) is 11.0. The van der Waals surface area contributed by atoms with Crippen molar-refractivity contribution in [1.82, 2.24) is 0 Å². The second kappa shape index (κ2) is 5.54. The van der Waals surface area contributed by atoms with Crippen LogP contribution in [0.2, 0.25) is 0 Å². The SMILES string of the molecule is [2H]COC(=O)CC[C@H](N)C(=O)OC[2H]. The molecule has 2 N–H and O–H groups in total. The topological polar surface area (TPSA) is 78.6 Å². The van der Waals surface area contributed by atoms with Crippen LogP contribution in [0.4, 0.5) is 0 Å². The highest BCUT2D eigenvalue weighted by molar-refractivity contribution is 5.76. The summed E-state index contributed by atoms with van der Waals surface area (Å²) in [7, 11) is -0.922. The van der Waals surface area contributed by atoms with Gasteiger partial charge in [-0.25, -0.2) is 0 Å². The van der Waals surface area contributed by atoms with Crippen molar-refractivity contribution < 1.29 is 21.8 Å². The van der Waals surface area contributed by atoms with Crippen molar-refractivity contribution >= 4 is 11.9 Å². The van der Waals surface area contributed by atoms with Crippen LogP contribution in [0.15, 0.2) is 0 Å². The van der Waals surface area contributed by atoms with Gasteiger partial charge < -0.3 is 15.2 Å². The summed E-state index contributed by atoms with van der Waals surface area (Å²) >= 11 is 0. The molecule has 0 unspecified atom stereocenters. The lowest BCUT2D eigenvalue weighted by molar-refractivity contribution is -0.143.